The maximum absolute atomic E-state index is 10.3. The summed E-state index contributed by atoms with van der Waals surface area (Å²) in [5.41, 5.74) is 0.700. The second-order valence-corrected chi connectivity index (χ2v) is 8.06. The highest BCUT2D eigenvalue weighted by Gasteiger charge is 2.22. The van der Waals surface area contributed by atoms with Crippen LogP contribution in [0.5, 0.6) is 0 Å². The topological polar surface area (TPSA) is 60.7 Å². The first-order valence-corrected chi connectivity index (χ1v) is 10.3. The molecule has 0 spiro atoms. The van der Waals surface area contributed by atoms with Crippen molar-refractivity contribution in [1.29, 1.82) is 0 Å². The van der Waals surface area contributed by atoms with Gasteiger partial charge in [0.2, 0.25) is 0 Å². The zero-order valence-electron chi connectivity index (χ0n) is 16.6. The molecule has 0 amide bonds. The van der Waals surface area contributed by atoms with Gasteiger partial charge in [0.25, 0.3) is 0 Å². The number of aliphatic hydroxyl groups is 3. The molecule has 1 fully saturated rings. The molecule has 0 radical (unpaired) electrons. The molecule has 1 aliphatic rings. The Morgan fingerprint density at radius 3 is 2.28 bits per heavy atom. The Bertz CT molecular complexity index is 397. The minimum absolute atomic E-state index is 0.387. The van der Waals surface area contributed by atoms with Crippen molar-refractivity contribution in [2.75, 3.05) is 0 Å². The molecule has 3 heteroatoms. The lowest BCUT2D eigenvalue weighted by Crippen LogP contribution is -2.26. The summed E-state index contributed by atoms with van der Waals surface area (Å²) < 4.78 is 0. The fraction of sp³-hybridized carbons (Fsp3) is 0.818. The van der Waals surface area contributed by atoms with Crippen molar-refractivity contribution < 1.29 is 15.3 Å². The number of hydrogen-bond acceptors (Lipinski definition) is 3. The molecule has 3 nitrogen and oxygen atoms in total. The van der Waals surface area contributed by atoms with Crippen LogP contribution in [0.2, 0.25) is 0 Å². The first kappa shape index (κ1) is 22.4. The lowest BCUT2D eigenvalue weighted by molar-refractivity contribution is 0.0203. The third kappa shape index (κ3) is 9.58. The van der Waals surface area contributed by atoms with Crippen LogP contribution in [0.25, 0.3) is 0 Å². The summed E-state index contributed by atoms with van der Waals surface area (Å²) in [6.45, 7) is 6.46. The number of aliphatic hydroxyl groups excluding tert-OH is 2. The molecular formula is C22H40O3. The van der Waals surface area contributed by atoms with Gasteiger partial charge in [0.1, 0.15) is 0 Å². The van der Waals surface area contributed by atoms with Crippen molar-refractivity contribution in [3.63, 3.8) is 0 Å². The van der Waals surface area contributed by atoms with E-state index in [1.807, 2.05) is 0 Å². The Morgan fingerprint density at radius 1 is 1.08 bits per heavy atom. The summed E-state index contributed by atoms with van der Waals surface area (Å²) in [6.07, 6.45) is 15.9. The highest BCUT2D eigenvalue weighted by Crippen LogP contribution is 2.25. The van der Waals surface area contributed by atoms with Gasteiger partial charge in [0.05, 0.1) is 17.8 Å². The number of rotatable bonds is 11. The zero-order chi connectivity index (χ0) is 18.7. The third-order valence-electron chi connectivity index (χ3n) is 5.73. The largest absolute Gasteiger partial charge is 0.393 e. The van der Waals surface area contributed by atoms with E-state index < -0.39 is 5.60 Å². The molecule has 25 heavy (non-hydrogen) atoms. The molecule has 0 saturated heterocycles. The lowest BCUT2D eigenvalue weighted by Gasteiger charge is -2.25. The van der Waals surface area contributed by atoms with Crippen LogP contribution in [0.4, 0.5) is 0 Å². The van der Waals surface area contributed by atoms with E-state index in [4.69, 9.17) is 0 Å². The molecule has 3 N–H and O–H groups in total. The average molecular weight is 353 g/mol. The van der Waals surface area contributed by atoms with Gasteiger partial charge in [-0.1, -0.05) is 63.8 Å². The number of allylic oxidation sites excluding steroid dienone is 3. The van der Waals surface area contributed by atoms with Crippen LogP contribution in [-0.4, -0.2) is 33.1 Å². The average Bonchev–Trinajstić information content (AvgIpc) is 2.57. The van der Waals surface area contributed by atoms with Crippen molar-refractivity contribution in [2.24, 2.45) is 5.92 Å². The Balaban J connectivity index is 2.14. The van der Waals surface area contributed by atoms with Gasteiger partial charge in [0, 0.05) is 0 Å². The molecule has 0 aromatic carbocycles. The lowest BCUT2D eigenvalue weighted by atomic mass is 9.88. The summed E-state index contributed by atoms with van der Waals surface area (Å²) >= 11 is 0. The Morgan fingerprint density at radius 2 is 1.68 bits per heavy atom. The molecule has 0 aromatic heterocycles. The van der Waals surface area contributed by atoms with Crippen LogP contribution in [0.15, 0.2) is 23.8 Å². The van der Waals surface area contributed by atoms with Gasteiger partial charge < -0.3 is 15.3 Å². The summed E-state index contributed by atoms with van der Waals surface area (Å²) in [7, 11) is 0. The van der Waals surface area contributed by atoms with Crippen molar-refractivity contribution in [3.8, 4) is 0 Å². The Kier molecular flexibility index (Phi) is 10.6. The van der Waals surface area contributed by atoms with Crippen LogP contribution in [0.1, 0.15) is 91.4 Å². The van der Waals surface area contributed by atoms with Crippen LogP contribution < -0.4 is 0 Å². The van der Waals surface area contributed by atoms with E-state index in [-0.39, 0.29) is 12.2 Å². The maximum Gasteiger partial charge on any atom is 0.0642 e. The normalized spacial score (nSPS) is 23.2. The van der Waals surface area contributed by atoms with Gasteiger partial charge in [-0.05, 0) is 57.3 Å². The van der Waals surface area contributed by atoms with Crippen molar-refractivity contribution in [3.05, 3.63) is 23.8 Å². The number of unbranched alkanes of at least 4 members (excludes halogenated alkanes) is 1. The summed E-state index contributed by atoms with van der Waals surface area (Å²) in [5.74, 6) is 0.716. The first-order valence-electron chi connectivity index (χ1n) is 10.3. The fourth-order valence-corrected chi connectivity index (χ4v) is 3.72. The monoisotopic (exact) mass is 352 g/mol. The van der Waals surface area contributed by atoms with E-state index >= 15 is 0 Å². The highest BCUT2D eigenvalue weighted by molar-refractivity contribution is 5.16. The molecule has 1 aliphatic carbocycles. The van der Waals surface area contributed by atoms with Crippen molar-refractivity contribution in [2.45, 2.75) is 109 Å². The highest BCUT2D eigenvalue weighted by atomic mass is 16.3. The van der Waals surface area contributed by atoms with Crippen molar-refractivity contribution >= 4 is 0 Å². The van der Waals surface area contributed by atoms with E-state index in [0.29, 0.717) is 25.2 Å². The first-order chi connectivity index (χ1) is 11.9. The van der Waals surface area contributed by atoms with E-state index in [1.165, 1.54) is 19.3 Å². The van der Waals surface area contributed by atoms with Crippen LogP contribution in [0, 0.1) is 5.92 Å². The van der Waals surface area contributed by atoms with Crippen molar-refractivity contribution in [1.82, 2.24) is 0 Å². The van der Waals surface area contributed by atoms with Crippen LogP contribution in [0.3, 0.4) is 0 Å². The summed E-state index contributed by atoms with van der Waals surface area (Å²) in [4.78, 5) is 0. The van der Waals surface area contributed by atoms with Crippen LogP contribution in [-0.2, 0) is 0 Å². The van der Waals surface area contributed by atoms with E-state index in [2.05, 4.69) is 39.0 Å². The molecule has 0 aliphatic heterocycles. The minimum Gasteiger partial charge on any atom is -0.393 e. The van der Waals surface area contributed by atoms with Gasteiger partial charge in [-0.15, -0.1) is 0 Å². The van der Waals surface area contributed by atoms with E-state index in [0.717, 1.165) is 37.7 Å². The quantitative estimate of drug-likeness (QED) is 0.463. The van der Waals surface area contributed by atoms with E-state index in [9.17, 15) is 15.3 Å². The van der Waals surface area contributed by atoms with Gasteiger partial charge in [-0.2, -0.15) is 0 Å². The second kappa shape index (κ2) is 11.9. The van der Waals surface area contributed by atoms with Gasteiger partial charge in [-0.3, -0.25) is 0 Å². The third-order valence-corrected chi connectivity index (χ3v) is 5.73. The molecule has 1 saturated carbocycles. The molecule has 0 bridgehead atoms. The molecule has 1 rings (SSSR count). The summed E-state index contributed by atoms with van der Waals surface area (Å²) in [5, 5.41) is 29.6. The predicted octanol–water partition coefficient (Wildman–Crippen LogP) is 4.90. The van der Waals surface area contributed by atoms with Gasteiger partial charge in [-0.25, -0.2) is 0 Å². The van der Waals surface area contributed by atoms with Gasteiger partial charge >= 0.3 is 0 Å². The van der Waals surface area contributed by atoms with Crippen LogP contribution >= 0.6 is 0 Å². The van der Waals surface area contributed by atoms with Gasteiger partial charge in [0.15, 0.2) is 0 Å². The standard InChI is InChI=1S/C22H40O3/c1-4-22(25,5-2)14-10-12-18(3)11-8-6-7-9-13-19-15-20(23)17-21(24)16-19/h7,9,13,18,20-21,23-25H,4-6,8,10-12,14-17H2,1-3H3/b9-7+/t18-,20-,21-/m1/s1. The fourth-order valence-electron chi connectivity index (χ4n) is 3.72. The minimum atomic E-state index is -0.448. The molecule has 0 heterocycles. The zero-order valence-corrected chi connectivity index (χ0v) is 16.6. The molecule has 0 aromatic rings. The molecular weight excluding hydrogens is 312 g/mol. The Hall–Kier alpha value is -0.640. The molecule has 146 valence electrons. The Labute approximate surface area is 154 Å². The SMILES string of the molecule is CCC(O)(CC)CCC[C@H](C)CCC/C=C/C=C1C[C@@H](O)C[C@H](O)C1. The maximum atomic E-state index is 10.3. The molecule has 0 unspecified atom stereocenters. The number of hydrogen-bond donors (Lipinski definition) is 3. The predicted molar refractivity (Wildman–Crippen MR) is 105 cm³/mol. The molecule has 3 atom stereocenters. The van der Waals surface area contributed by atoms with E-state index in [1.54, 1.807) is 0 Å². The smallest absolute Gasteiger partial charge is 0.0642 e. The second-order valence-electron chi connectivity index (χ2n) is 8.06. The summed E-state index contributed by atoms with van der Waals surface area (Å²) in [6, 6.07) is 0.